The van der Waals surface area contributed by atoms with Crippen molar-refractivity contribution in [2.45, 2.75) is 46.1 Å². The Bertz CT molecular complexity index is 522. The molecule has 0 aromatic rings. The summed E-state index contributed by atoms with van der Waals surface area (Å²) >= 11 is 0. The van der Waals surface area contributed by atoms with Gasteiger partial charge in [-0.3, -0.25) is 4.79 Å². The van der Waals surface area contributed by atoms with E-state index in [1.807, 2.05) is 20.8 Å². The Labute approximate surface area is 119 Å². The molecule has 0 unspecified atom stereocenters. The van der Waals surface area contributed by atoms with Crippen LogP contribution >= 0.6 is 0 Å². The van der Waals surface area contributed by atoms with E-state index in [4.69, 9.17) is 5.11 Å². The number of rotatable bonds is 3. The molecule has 2 saturated carbocycles. The summed E-state index contributed by atoms with van der Waals surface area (Å²) in [5, 5.41) is 19.9. The molecule has 0 amide bonds. The molecule has 20 heavy (non-hydrogen) atoms. The summed E-state index contributed by atoms with van der Waals surface area (Å²) in [6.07, 6.45) is 5.50. The minimum atomic E-state index is -1.09. The Hall–Kier alpha value is -1.42. The van der Waals surface area contributed by atoms with Gasteiger partial charge in [-0.15, -0.1) is 0 Å². The average Bonchev–Trinajstić information content (AvgIpc) is 2.97. The van der Waals surface area contributed by atoms with Crippen LogP contribution in [0.4, 0.5) is 0 Å². The molecule has 3 atom stereocenters. The molecule has 0 heterocycles. The topological polar surface area (TPSA) is 74.6 Å². The molecule has 0 radical (unpaired) electrons. The molecule has 0 aromatic heterocycles. The predicted octanol–water partition coefficient (Wildman–Crippen LogP) is 2.33. The van der Waals surface area contributed by atoms with Gasteiger partial charge in [0.2, 0.25) is 0 Å². The van der Waals surface area contributed by atoms with Crippen molar-refractivity contribution in [2.75, 3.05) is 0 Å². The summed E-state index contributed by atoms with van der Waals surface area (Å²) in [4.78, 5) is 22.6. The number of aliphatic hydroxyl groups is 1. The second-order valence-electron chi connectivity index (χ2n) is 7.03. The molecule has 0 aliphatic heterocycles. The number of carbonyl (C=O) groups is 2. The molecule has 4 nitrogen and oxygen atoms in total. The van der Waals surface area contributed by atoms with Crippen LogP contribution in [0.15, 0.2) is 23.8 Å². The molecule has 110 valence electrons. The molecule has 2 aliphatic rings. The quantitative estimate of drug-likeness (QED) is 0.613. The number of hydrogen-bond donors (Lipinski definition) is 2. The summed E-state index contributed by atoms with van der Waals surface area (Å²) < 4.78 is 0. The molecule has 0 aromatic carbocycles. The molecule has 2 fully saturated rings. The second-order valence-corrected chi connectivity index (χ2v) is 7.03. The van der Waals surface area contributed by atoms with Crippen LogP contribution in [0.5, 0.6) is 0 Å². The number of aliphatic carboxylic acids is 1. The third-order valence-electron chi connectivity index (χ3n) is 5.08. The van der Waals surface area contributed by atoms with Crippen molar-refractivity contribution in [3.63, 3.8) is 0 Å². The van der Waals surface area contributed by atoms with Gasteiger partial charge in [0, 0.05) is 29.2 Å². The lowest BCUT2D eigenvalue weighted by molar-refractivity contribution is -0.144. The zero-order valence-corrected chi connectivity index (χ0v) is 12.4. The van der Waals surface area contributed by atoms with Crippen LogP contribution in [0.1, 0.15) is 40.5 Å². The minimum Gasteiger partial charge on any atom is -0.478 e. The van der Waals surface area contributed by atoms with Gasteiger partial charge in [0.25, 0.3) is 0 Å². The summed E-state index contributed by atoms with van der Waals surface area (Å²) in [5.74, 6) is -0.838. The van der Waals surface area contributed by atoms with Crippen molar-refractivity contribution in [3.8, 4) is 0 Å². The summed E-state index contributed by atoms with van der Waals surface area (Å²) in [6.45, 7) is 7.41. The van der Waals surface area contributed by atoms with Crippen LogP contribution in [0, 0.1) is 16.7 Å². The van der Waals surface area contributed by atoms with E-state index in [-0.39, 0.29) is 11.7 Å². The molecule has 2 N–H and O–H groups in total. The number of carbonyl (C=O) groups excluding carboxylic acids is 1. The SMILES string of the molecule is CC(=C/C(=O)O)/C=C/[C@]1(O)C(C)(C)CC(=O)[C@H]2C[C@]21C. The van der Waals surface area contributed by atoms with Crippen LogP contribution in [-0.2, 0) is 9.59 Å². The molecule has 2 rings (SSSR count). The second kappa shape index (κ2) is 4.29. The van der Waals surface area contributed by atoms with Crippen molar-refractivity contribution < 1.29 is 19.8 Å². The number of hydrogen-bond acceptors (Lipinski definition) is 3. The highest BCUT2D eigenvalue weighted by molar-refractivity contribution is 5.87. The number of carboxylic acid groups (broad SMARTS) is 1. The molecular formula is C16H22O4. The Kier molecular flexibility index (Phi) is 3.21. The Morgan fingerprint density at radius 1 is 1.35 bits per heavy atom. The Balaban J connectivity index is 2.35. The largest absolute Gasteiger partial charge is 0.478 e. The first-order valence-electron chi connectivity index (χ1n) is 6.89. The van der Waals surface area contributed by atoms with Gasteiger partial charge >= 0.3 is 5.97 Å². The third-order valence-corrected chi connectivity index (χ3v) is 5.08. The Morgan fingerprint density at radius 3 is 2.50 bits per heavy atom. The highest BCUT2D eigenvalue weighted by Gasteiger charge is 2.72. The highest BCUT2D eigenvalue weighted by Crippen LogP contribution is 2.69. The maximum absolute atomic E-state index is 12.0. The van der Waals surface area contributed by atoms with Crippen LogP contribution in [0.2, 0.25) is 0 Å². The van der Waals surface area contributed by atoms with E-state index in [0.29, 0.717) is 18.4 Å². The lowest BCUT2D eigenvalue weighted by atomic mass is 9.59. The monoisotopic (exact) mass is 278 g/mol. The number of Topliss-reactive ketones (excluding diaryl/α,β-unsaturated/α-hetero) is 1. The van der Waals surface area contributed by atoms with Gasteiger partial charge in [-0.05, 0) is 18.9 Å². The fraction of sp³-hybridized carbons (Fsp3) is 0.625. The average molecular weight is 278 g/mol. The van der Waals surface area contributed by atoms with Crippen LogP contribution < -0.4 is 0 Å². The number of ketones is 1. The van der Waals surface area contributed by atoms with Crippen molar-refractivity contribution in [2.24, 2.45) is 16.7 Å². The van der Waals surface area contributed by atoms with E-state index in [1.165, 1.54) is 0 Å². The molecular weight excluding hydrogens is 256 g/mol. The van der Waals surface area contributed by atoms with Gasteiger partial charge < -0.3 is 10.2 Å². The van der Waals surface area contributed by atoms with E-state index < -0.39 is 22.4 Å². The molecule has 0 saturated heterocycles. The van der Waals surface area contributed by atoms with Crippen molar-refractivity contribution in [1.29, 1.82) is 0 Å². The maximum atomic E-state index is 12.0. The fourth-order valence-corrected chi connectivity index (χ4v) is 3.63. The zero-order chi connectivity index (χ0) is 15.3. The van der Waals surface area contributed by atoms with E-state index in [9.17, 15) is 14.7 Å². The van der Waals surface area contributed by atoms with Gasteiger partial charge in [-0.2, -0.15) is 0 Å². The molecule has 0 spiro atoms. The number of allylic oxidation sites excluding steroid dienone is 2. The molecule has 0 bridgehead atoms. The lowest BCUT2D eigenvalue weighted by Crippen LogP contribution is -2.54. The minimum absolute atomic E-state index is 0.0612. The van der Waals surface area contributed by atoms with Gasteiger partial charge in [0.1, 0.15) is 5.78 Å². The van der Waals surface area contributed by atoms with Crippen LogP contribution in [0.25, 0.3) is 0 Å². The first-order valence-corrected chi connectivity index (χ1v) is 6.89. The molecule has 2 aliphatic carbocycles. The third kappa shape index (κ3) is 2.03. The number of fused-ring (bicyclic) bond motifs is 1. The fourth-order valence-electron chi connectivity index (χ4n) is 3.63. The molecule has 4 heteroatoms. The summed E-state index contributed by atoms with van der Waals surface area (Å²) in [5.41, 5.74) is -1.50. The van der Waals surface area contributed by atoms with Crippen LogP contribution in [0.3, 0.4) is 0 Å². The Morgan fingerprint density at radius 2 is 1.95 bits per heavy atom. The summed E-state index contributed by atoms with van der Waals surface area (Å²) in [7, 11) is 0. The standard InChI is InChI=1S/C16H22O4/c1-10(7-13(18)19)5-6-16(20)14(2,3)9-12(17)11-8-15(11,16)4/h5-7,11,20H,8-9H2,1-4H3,(H,18,19)/b6-5+,10-7-/t11-,15-,16+/m1/s1. The number of carboxylic acids is 1. The first-order chi connectivity index (χ1) is 9.03. The van der Waals surface area contributed by atoms with E-state index in [1.54, 1.807) is 19.1 Å². The lowest BCUT2D eigenvalue weighted by Gasteiger charge is -2.48. The normalized spacial score (nSPS) is 39.8. The predicted molar refractivity (Wildman–Crippen MR) is 75.1 cm³/mol. The van der Waals surface area contributed by atoms with Gasteiger partial charge in [-0.25, -0.2) is 4.79 Å². The van der Waals surface area contributed by atoms with Gasteiger partial charge in [0.05, 0.1) is 5.60 Å². The van der Waals surface area contributed by atoms with Crippen molar-refractivity contribution >= 4 is 11.8 Å². The van der Waals surface area contributed by atoms with E-state index in [0.717, 1.165) is 6.08 Å². The van der Waals surface area contributed by atoms with Crippen molar-refractivity contribution in [3.05, 3.63) is 23.8 Å². The van der Waals surface area contributed by atoms with E-state index >= 15 is 0 Å². The summed E-state index contributed by atoms with van der Waals surface area (Å²) in [6, 6.07) is 0. The maximum Gasteiger partial charge on any atom is 0.328 e. The van der Waals surface area contributed by atoms with E-state index in [2.05, 4.69) is 0 Å². The smallest absolute Gasteiger partial charge is 0.328 e. The first kappa shape index (κ1) is 15.0. The van der Waals surface area contributed by atoms with Gasteiger partial charge in [0.15, 0.2) is 0 Å². The van der Waals surface area contributed by atoms with Gasteiger partial charge in [-0.1, -0.05) is 32.9 Å². The zero-order valence-electron chi connectivity index (χ0n) is 12.4. The van der Waals surface area contributed by atoms with Crippen LogP contribution in [-0.4, -0.2) is 27.6 Å². The highest BCUT2D eigenvalue weighted by atomic mass is 16.4. The van der Waals surface area contributed by atoms with Crippen molar-refractivity contribution in [1.82, 2.24) is 0 Å².